The van der Waals surface area contributed by atoms with Gasteiger partial charge in [-0.25, -0.2) is 4.09 Å². The molecular formula is C8H5ClN2O. The van der Waals surface area contributed by atoms with E-state index in [1.54, 1.807) is 24.4 Å². The van der Waals surface area contributed by atoms with Crippen molar-refractivity contribution < 1.29 is 0 Å². The lowest BCUT2D eigenvalue weighted by Gasteiger charge is -1.98. The van der Waals surface area contributed by atoms with Gasteiger partial charge >= 0.3 is 0 Å². The van der Waals surface area contributed by atoms with E-state index in [0.29, 0.717) is 11.0 Å². The SMILES string of the molecule is O=c1ccc2ncccc2n1Cl. The summed E-state index contributed by atoms with van der Waals surface area (Å²) in [7, 11) is 0. The van der Waals surface area contributed by atoms with Gasteiger partial charge in [0.25, 0.3) is 5.56 Å². The Kier molecular flexibility index (Phi) is 1.59. The normalized spacial score (nSPS) is 10.4. The molecule has 0 bridgehead atoms. The minimum Gasteiger partial charge on any atom is -0.268 e. The van der Waals surface area contributed by atoms with E-state index in [0.717, 1.165) is 4.09 Å². The molecule has 2 aromatic heterocycles. The molecule has 0 saturated carbocycles. The fourth-order valence-corrected chi connectivity index (χ4v) is 1.24. The third-order valence-corrected chi connectivity index (χ3v) is 1.95. The summed E-state index contributed by atoms with van der Waals surface area (Å²) in [5.41, 5.74) is 1.11. The van der Waals surface area contributed by atoms with E-state index in [2.05, 4.69) is 4.98 Å². The molecule has 0 radical (unpaired) electrons. The van der Waals surface area contributed by atoms with Gasteiger partial charge in [0.1, 0.15) is 0 Å². The number of hydrogen-bond acceptors (Lipinski definition) is 2. The van der Waals surface area contributed by atoms with Crippen LogP contribution in [0.25, 0.3) is 11.0 Å². The van der Waals surface area contributed by atoms with Crippen molar-refractivity contribution in [2.75, 3.05) is 0 Å². The third kappa shape index (κ3) is 0.987. The monoisotopic (exact) mass is 180 g/mol. The second-order valence-corrected chi connectivity index (χ2v) is 2.70. The molecule has 0 aliphatic rings. The van der Waals surface area contributed by atoms with Crippen LogP contribution in [0.3, 0.4) is 0 Å². The lowest BCUT2D eigenvalue weighted by Crippen LogP contribution is -2.10. The predicted molar refractivity (Wildman–Crippen MR) is 47.3 cm³/mol. The van der Waals surface area contributed by atoms with Gasteiger partial charge in [0.15, 0.2) is 0 Å². The van der Waals surface area contributed by atoms with Crippen molar-refractivity contribution in [3.8, 4) is 0 Å². The smallest absolute Gasteiger partial charge is 0.265 e. The van der Waals surface area contributed by atoms with Crippen molar-refractivity contribution in [1.29, 1.82) is 0 Å². The second-order valence-electron chi connectivity index (χ2n) is 2.36. The number of halogens is 1. The standard InChI is InChI=1S/C8H5ClN2O/c9-11-7-2-1-5-10-6(7)3-4-8(11)12/h1-5H. The zero-order valence-corrected chi connectivity index (χ0v) is 6.82. The third-order valence-electron chi connectivity index (χ3n) is 1.60. The van der Waals surface area contributed by atoms with Crippen molar-refractivity contribution in [2.24, 2.45) is 0 Å². The second kappa shape index (κ2) is 2.60. The van der Waals surface area contributed by atoms with Gasteiger partial charge < -0.3 is 0 Å². The van der Waals surface area contributed by atoms with Crippen molar-refractivity contribution in [2.45, 2.75) is 0 Å². The Morgan fingerprint density at radius 2 is 2.17 bits per heavy atom. The summed E-state index contributed by atoms with van der Waals surface area (Å²) in [6, 6.07) is 6.52. The summed E-state index contributed by atoms with van der Waals surface area (Å²) >= 11 is 5.69. The first-order chi connectivity index (χ1) is 5.79. The minimum atomic E-state index is -0.239. The molecule has 4 heteroatoms. The Bertz CT molecular complexity index is 478. The average Bonchev–Trinajstić information content (AvgIpc) is 2.12. The van der Waals surface area contributed by atoms with E-state index in [1.165, 1.54) is 6.07 Å². The van der Waals surface area contributed by atoms with E-state index >= 15 is 0 Å². The van der Waals surface area contributed by atoms with E-state index in [1.807, 2.05) is 0 Å². The van der Waals surface area contributed by atoms with Gasteiger partial charge in [-0.2, -0.15) is 0 Å². The highest BCUT2D eigenvalue weighted by molar-refractivity contribution is 6.18. The quantitative estimate of drug-likeness (QED) is 0.614. The van der Waals surface area contributed by atoms with Gasteiger partial charge in [-0.1, -0.05) is 0 Å². The Morgan fingerprint density at radius 3 is 3.00 bits per heavy atom. The van der Waals surface area contributed by atoms with Crippen LogP contribution in [0.2, 0.25) is 0 Å². The molecule has 0 saturated heterocycles. The molecule has 0 aliphatic carbocycles. The Hall–Kier alpha value is -1.35. The summed E-state index contributed by atoms with van der Waals surface area (Å²) in [6.07, 6.45) is 1.66. The molecule has 0 spiro atoms. The summed E-state index contributed by atoms with van der Waals surface area (Å²) < 4.78 is 1.06. The highest BCUT2D eigenvalue weighted by Crippen LogP contribution is 2.07. The van der Waals surface area contributed by atoms with Gasteiger partial charge in [-0.15, -0.1) is 0 Å². The molecule has 0 atom stereocenters. The molecule has 0 unspecified atom stereocenters. The number of rotatable bonds is 0. The van der Waals surface area contributed by atoms with Gasteiger partial charge in [0, 0.05) is 24.0 Å². The molecule has 3 nitrogen and oxygen atoms in total. The minimum absolute atomic E-state index is 0.239. The molecular weight excluding hydrogens is 176 g/mol. The lowest BCUT2D eigenvalue weighted by atomic mass is 10.3. The van der Waals surface area contributed by atoms with Gasteiger partial charge in [0.2, 0.25) is 0 Å². The number of pyridine rings is 2. The summed E-state index contributed by atoms with van der Waals surface area (Å²) in [6.45, 7) is 0. The fourth-order valence-electron chi connectivity index (χ4n) is 1.04. The maximum atomic E-state index is 11.0. The topological polar surface area (TPSA) is 34.9 Å². The van der Waals surface area contributed by atoms with Gasteiger partial charge in [0.05, 0.1) is 11.0 Å². The van der Waals surface area contributed by atoms with Crippen LogP contribution in [0, 0.1) is 0 Å². The number of nitrogens with zero attached hydrogens (tertiary/aromatic N) is 2. The van der Waals surface area contributed by atoms with Crippen LogP contribution in [0.4, 0.5) is 0 Å². The number of fused-ring (bicyclic) bond motifs is 1. The molecule has 2 heterocycles. The van der Waals surface area contributed by atoms with Crippen LogP contribution >= 0.6 is 11.8 Å². The lowest BCUT2D eigenvalue weighted by molar-refractivity contribution is 1.18. The average molecular weight is 181 g/mol. The van der Waals surface area contributed by atoms with Crippen molar-refractivity contribution >= 4 is 22.8 Å². The van der Waals surface area contributed by atoms with Crippen LogP contribution in [-0.4, -0.2) is 9.07 Å². The zero-order valence-electron chi connectivity index (χ0n) is 6.07. The molecule has 0 N–H and O–H groups in total. The molecule has 60 valence electrons. The Morgan fingerprint density at radius 1 is 1.33 bits per heavy atom. The van der Waals surface area contributed by atoms with Crippen molar-refractivity contribution in [3.05, 3.63) is 40.8 Å². The van der Waals surface area contributed by atoms with Crippen molar-refractivity contribution in [3.63, 3.8) is 0 Å². The molecule has 2 aromatic rings. The van der Waals surface area contributed by atoms with Crippen LogP contribution < -0.4 is 5.56 Å². The van der Waals surface area contributed by atoms with Gasteiger partial charge in [-0.3, -0.25) is 9.78 Å². The molecule has 2 rings (SSSR count). The van der Waals surface area contributed by atoms with E-state index < -0.39 is 0 Å². The van der Waals surface area contributed by atoms with Crippen molar-refractivity contribution in [1.82, 2.24) is 9.07 Å². The molecule has 0 amide bonds. The van der Waals surface area contributed by atoms with E-state index in [9.17, 15) is 4.79 Å². The number of aromatic nitrogens is 2. The van der Waals surface area contributed by atoms with Crippen LogP contribution in [0.15, 0.2) is 35.3 Å². The summed E-state index contributed by atoms with van der Waals surface area (Å²) in [5, 5.41) is 0. The van der Waals surface area contributed by atoms with E-state index in [-0.39, 0.29) is 5.56 Å². The predicted octanol–water partition coefficient (Wildman–Crippen LogP) is 1.40. The van der Waals surface area contributed by atoms with Crippen LogP contribution in [0.1, 0.15) is 0 Å². The highest BCUT2D eigenvalue weighted by atomic mass is 35.5. The van der Waals surface area contributed by atoms with Crippen LogP contribution in [-0.2, 0) is 0 Å². The maximum Gasteiger partial charge on any atom is 0.265 e. The first-order valence-electron chi connectivity index (χ1n) is 3.42. The Labute approximate surface area is 73.3 Å². The summed E-state index contributed by atoms with van der Waals surface area (Å²) in [5.74, 6) is 0. The fraction of sp³-hybridized carbons (Fsp3) is 0. The van der Waals surface area contributed by atoms with Crippen LogP contribution in [0.5, 0.6) is 0 Å². The molecule has 0 fully saturated rings. The Balaban J connectivity index is 3.01. The first-order valence-corrected chi connectivity index (χ1v) is 3.76. The van der Waals surface area contributed by atoms with Gasteiger partial charge in [-0.05, 0) is 18.2 Å². The molecule has 12 heavy (non-hydrogen) atoms. The maximum absolute atomic E-state index is 11.0. The highest BCUT2D eigenvalue weighted by Gasteiger charge is 1.98. The zero-order chi connectivity index (χ0) is 8.55. The largest absolute Gasteiger partial charge is 0.268 e. The summed E-state index contributed by atoms with van der Waals surface area (Å²) in [4.78, 5) is 15.1. The van der Waals surface area contributed by atoms with E-state index in [4.69, 9.17) is 11.8 Å². The first kappa shape index (κ1) is 7.31. The molecule has 0 aromatic carbocycles. The molecule has 0 aliphatic heterocycles. The number of hydrogen-bond donors (Lipinski definition) is 0.